The monoisotopic (exact) mass is 347 g/mol. The van der Waals surface area contributed by atoms with E-state index in [0.717, 1.165) is 5.56 Å². The van der Waals surface area contributed by atoms with Crippen molar-refractivity contribution in [2.24, 2.45) is 0 Å². The fourth-order valence-electron chi connectivity index (χ4n) is 1.65. The number of nitrogens with zero attached hydrogens (tertiary/aromatic N) is 4. The summed E-state index contributed by atoms with van der Waals surface area (Å²) in [6.07, 6.45) is 3.43. The van der Waals surface area contributed by atoms with Gasteiger partial charge in [0, 0.05) is 19.2 Å². The van der Waals surface area contributed by atoms with Crippen molar-refractivity contribution in [2.75, 3.05) is 6.54 Å². The first-order chi connectivity index (χ1) is 11.3. The number of nitrogens with one attached hydrogen (secondary N) is 1. The minimum absolute atomic E-state index is 0.323. The van der Waals surface area contributed by atoms with E-state index in [-0.39, 0.29) is 0 Å². The third-order valence-corrected chi connectivity index (χ3v) is 2.79. The van der Waals surface area contributed by atoms with E-state index < -0.39 is 11.7 Å². The van der Waals surface area contributed by atoms with E-state index in [0.29, 0.717) is 23.9 Å². The van der Waals surface area contributed by atoms with Gasteiger partial charge in [-0.1, -0.05) is 23.4 Å². The van der Waals surface area contributed by atoms with Gasteiger partial charge in [0.05, 0.1) is 11.8 Å². The van der Waals surface area contributed by atoms with Gasteiger partial charge < -0.3 is 10.1 Å². The van der Waals surface area contributed by atoms with Gasteiger partial charge in [-0.15, -0.1) is 10.2 Å². The van der Waals surface area contributed by atoms with Crippen molar-refractivity contribution in [3.8, 4) is 17.7 Å². The fraction of sp³-hybridized carbons (Fsp3) is 0.375. The van der Waals surface area contributed by atoms with Crippen LogP contribution in [-0.4, -0.2) is 38.2 Å². The SMILES string of the molecule is CC(C)(C)OC(=O)NCCC#Cc1cnn(-c2ccc(Cl)nn2)c1. The molecule has 1 N–H and O–H groups in total. The predicted octanol–water partition coefficient (Wildman–Crippen LogP) is 2.58. The molecule has 0 aliphatic heterocycles. The van der Waals surface area contributed by atoms with Gasteiger partial charge in [-0.05, 0) is 32.9 Å². The number of carbonyl (C=O) groups is 1. The highest BCUT2D eigenvalue weighted by Gasteiger charge is 2.15. The quantitative estimate of drug-likeness (QED) is 0.681. The number of halogens is 1. The lowest BCUT2D eigenvalue weighted by Crippen LogP contribution is -2.32. The number of hydrogen-bond acceptors (Lipinski definition) is 5. The lowest BCUT2D eigenvalue weighted by Gasteiger charge is -2.19. The first-order valence-electron chi connectivity index (χ1n) is 7.33. The number of alkyl carbamates (subject to hydrolysis) is 1. The Kier molecular flexibility index (Phi) is 5.77. The first kappa shape index (κ1) is 17.8. The summed E-state index contributed by atoms with van der Waals surface area (Å²) >= 11 is 5.70. The largest absolute Gasteiger partial charge is 0.444 e. The second-order valence-electron chi connectivity index (χ2n) is 5.87. The Labute approximate surface area is 145 Å². The second kappa shape index (κ2) is 7.79. The van der Waals surface area contributed by atoms with E-state index in [2.05, 4.69) is 32.5 Å². The number of aromatic nitrogens is 4. The summed E-state index contributed by atoms with van der Waals surface area (Å²) in [5.74, 6) is 6.49. The fourth-order valence-corrected chi connectivity index (χ4v) is 1.75. The van der Waals surface area contributed by atoms with Crippen molar-refractivity contribution in [3.63, 3.8) is 0 Å². The smallest absolute Gasteiger partial charge is 0.407 e. The highest BCUT2D eigenvalue weighted by molar-refractivity contribution is 6.29. The van der Waals surface area contributed by atoms with Gasteiger partial charge in [0.1, 0.15) is 5.60 Å². The zero-order valence-corrected chi connectivity index (χ0v) is 14.5. The molecule has 8 heteroatoms. The van der Waals surface area contributed by atoms with E-state index in [9.17, 15) is 4.79 Å². The minimum Gasteiger partial charge on any atom is -0.444 e. The van der Waals surface area contributed by atoms with Crippen LogP contribution in [0.3, 0.4) is 0 Å². The predicted molar refractivity (Wildman–Crippen MR) is 89.9 cm³/mol. The topological polar surface area (TPSA) is 81.9 Å². The maximum Gasteiger partial charge on any atom is 0.407 e. The zero-order chi connectivity index (χ0) is 17.6. The summed E-state index contributed by atoms with van der Waals surface area (Å²) < 4.78 is 6.69. The van der Waals surface area contributed by atoms with Crippen LogP contribution in [0.25, 0.3) is 5.82 Å². The molecule has 2 heterocycles. The van der Waals surface area contributed by atoms with Crippen molar-refractivity contribution in [2.45, 2.75) is 32.8 Å². The van der Waals surface area contributed by atoms with Gasteiger partial charge in [-0.3, -0.25) is 0 Å². The van der Waals surface area contributed by atoms with Crippen LogP contribution in [0, 0.1) is 11.8 Å². The number of ether oxygens (including phenoxy) is 1. The van der Waals surface area contributed by atoms with Gasteiger partial charge in [0.15, 0.2) is 11.0 Å². The van der Waals surface area contributed by atoms with E-state index in [1.807, 2.05) is 20.8 Å². The van der Waals surface area contributed by atoms with Gasteiger partial charge >= 0.3 is 6.09 Å². The molecule has 126 valence electrons. The molecular weight excluding hydrogens is 330 g/mol. The van der Waals surface area contributed by atoms with Gasteiger partial charge in [-0.2, -0.15) is 5.10 Å². The lowest BCUT2D eigenvalue weighted by molar-refractivity contribution is 0.0529. The van der Waals surface area contributed by atoms with E-state index >= 15 is 0 Å². The molecule has 0 radical (unpaired) electrons. The summed E-state index contributed by atoms with van der Waals surface area (Å²) in [6, 6.07) is 3.35. The third-order valence-electron chi connectivity index (χ3n) is 2.59. The molecule has 7 nitrogen and oxygen atoms in total. The maximum absolute atomic E-state index is 11.5. The molecule has 2 rings (SSSR count). The number of carbonyl (C=O) groups excluding carboxylic acids is 1. The minimum atomic E-state index is -0.505. The molecule has 0 bridgehead atoms. The second-order valence-corrected chi connectivity index (χ2v) is 6.26. The normalized spacial score (nSPS) is 10.7. The van der Waals surface area contributed by atoms with Crippen molar-refractivity contribution < 1.29 is 9.53 Å². The van der Waals surface area contributed by atoms with Crippen LogP contribution in [-0.2, 0) is 4.74 Å². The molecule has 0 aliphatic rings. The molecule has 24 heavy (non-hydrogen) atoms. The molecule has 0 spiro atoms. The number of hydrogen-bond donors (Lipinski definition) is 1. The van der Waals surface area contributed by atoms with Gasteiger partial charge in [0.25, 0.3) is 0 Å². The van der Waals surface area contributed by atoms with Crippen LogP contribution < -0.4 is 5.32 Å². The summed E-state index contributed by atoms with van der Waals surface area (Å²) in [5.41, 5.74) is 0.235. The molecule has 0 saturated carbocycles. The molecule has 2 aromatic heterocycles. The van der Waals surface area contributed by atoms with Crippen molar-refractivity contribution in [1.82, 2.24) is 25.3 Å². The molecule has 1 amide bonds. The van der Waals surface area contributed by atoms with Crippen molar-refractivity contribution in [1.29, 1.82) is 0 Å². The Bertz CT molecular complexity index is 753. The Morgan fingerprint density at radius 3 is 2.83 bits per heavy atom. The van der Waals surface area contributed by atoms with E-state index in [1.54, 1.807) is 29.2 Å². The highest BCUT2D eigenvalue weighted by atomic mass is 35.5. The molecule has 0 fully saturated rings. The van der Waals surface area contributed by atoms with Crippen LogP contribution in [0.4, 0.5) is 4.79 Å². The molecule has 2 aromatic rings. The van der Waals surface area contributed by atoms with Crippen LogP contribution in [0.2, 0.25) is 5.15 Å². The summed E-state index contributed by atoms with van der Waals surface area (Å²) in [6.45, 7) is 5.86. The van der Waals surface area contributed by atoms with Crippen LogP contribution >= 0.6 is 11.6 Å². The number of rotatable bonds is 3. The summed E-state index contributed by atoms with van der Waals surface area (Å²) in [7, 11) is 0. The number of amides is 1. The lowest BCUT2D eigenvalue weighted by atomic mass is 10.2. The van der Waals surface area contributed by atoms with Gasteiger partial charge in [0.2, 0.25) is 0 Å². The van der Waals surface area contributed by atoms with Crippen LogP contribution in [0.1, 0.15) is 32.8 Å². The van der Waals surface area contributed by atoms with Crippen LogP contribution in [0.5, 0.6) is 0 Å². The summed E-state index contributed by atoms with van der Waals surface area (Å²) in [5, 5.41) is 14.8. The van der Waals surface area contributed by atoms with Crippen molar-refractivity contribution >= 4 is 17.7 Å². The standard InChI is InChI=1S/C16H18ClN5O2/c1-16(2,3)24-15(23)18-9-5-4-6-12-10-19-22(11-12)14-8-7-13(17)20-21-14/h7-8,10-11H,5,9H2,1-3H3,(H,18,23). The average molecular weight is 348 g/mol. The van der Waals surface area contributed by atoms with E-state index in [1.165, 1.54) is 0 Å². The average Bonchev–Trinajstić information content (AvgIpc) is 2.94. The first-order valence-corrected chi connectivity index (χ1v) is 7.71. The Hall–Kier alpha value is -2.59. The molecule has 0 atom stereocenters. The zero-order valence-electron chi connectivity index (χ0n) is 13.7. The highest BCUT2D eigenvalue weighted by Crippen LogP contribution is 2.07. The molecule has 0 unspecified atom stereocenters. The van der Waals surface area contributed by atoms with E-state index in [4.69, 9.17) is 16.3 Å². The Balaban J connectivity index is 1.82. The third kappa shape index (κ3) is 5.89. The Morgan fingerprint density at radius 2 is 2.17 bits per heavy atom. The molecule has 0 aliphatic carbocycles. The molecule has 0 saturated heterocycles. The van der Waals surface area contributed by atoms with Gasteiger partial charge in [-0.25, -0.2) is 9.48 Å². The maximum atomic E-state index is 11.5. The van der Waals surface area contributed by atoms with Crippen LogP contribution in [0.15, 0.2) is 24.5 Å². The van der Waals surface area contributed by atoms with Crippen molar-refractivity contribution in [3.05, 3.63) is 35.2 Å². The molecule has 0 aromatic carbocycles. The Morgan fingerprint density at radius 1 is 1.38 bits per heavy atom. The molecular formula is C16H18ClN5O2. The summed E-state index contributed by atoms with van der Waals surface area (Å²) in [4.78, 5) is 11.5.